The third kappa shape index (κ3) is 3.90. The molecule has 7 nitrogen and oxygen atoms in total. The van der Waals surface area contributed by atoms with Gasteiger partial charge in [0.15, 0.2) is 0 Å². The van der Waals surface area contributed by atoms with Gasteiger partial charge in [-0.25, -0.2) is 4.98 Å². The van der Waals surface area contributed by atoms with Crippen molar-refractivity contribution < 1.29 is 4.79 Å². The number of imidazole rings is 1. The second-order valence-electron chi connectivity index (χ2n) is 7.63. The van der Waals surface area contributed by atoms with Gasteiger partial charge in [-0.1, -0.05) is 11.6 Å². The lowest BCUT2D eigenvalue weighted by molar-refractivity contribution is -0.135. The molecule has 0 bridgehead atoms. The summed E-state index contributed by atoms with van der Waals surface area (Å²) in [5.41, 5.74) is 1.85. The monoisotopic (exact) mass is 390 g/mol. The van der Waals surface area contributed by atoms with Gasteiger partial charge in [-0.2, -0.15) is 0 Å². The fraction of sp³-hybridized carbons (Fsp3) is 0.579. The molecule has 4 rings (SSSR count). The minimum Gasteiger partial charge on any atom is -0.339 e. The van der Waals surface area contributed by atoms with Gasteiger partial charge >= 0.3 is 0 Å². The average Bonchev–Trinajstić information content (AvgIpc) is 3.10. The predicted molar refractivity (Wildman–Crippen MR) is 108 cm³/mol. The molecule has 1 unspecified atom stereocenters. The Kier molecular flexibility index (Phi) is 5.25. The molecule has 2 saturated heterocycles. The maximum atomic E-state index is 12.9. The van der Waals surface area contributed by atoms with Gasteiger partial charge in [0, 0.05) is 56.9 Å². The summed E-state index contributed by atoms with van der Waals surface area (Å²) in [5.74, 6) is 1.07. The number of nitrogens with one attached hydrogen (secondary N) is 2. The predicted octanol–water partition coefficient (Wildman–Crippen LogP) is 1.55. The fourth-order valence-electron chi connectivity index (χ4n) is 3.88. The molecule has 0 radical (unpaired) electrons. The zero-order valence-corrected chi connectivity index (χ0v) is 16.7. The van der Waals surface area contributed by atoms with E-state index in [0.717, 1.165) is 62.8 Å². The summed E-state index contributed by atoms with van der Waals surface area (Å²) >= 11 is 6.06. The topological polar surface area (TPSA) is 67.5 Å². The number of carbonyl (C=O) groups excluding carboxylic acids is 1. The van der Waals surface area contributed by atoms with E-state index in [9.17, 15) is 4.79 Å². The lowest BCUT2D eigenvalue weighted by Gasteiger charge is -2.40. The molecule has 8 heteroatoms. The number of aromatic amines is 1. The Morgan fingerprint density at radius 2 is 2.00 bits per heavy atom. The quantitative estimate of drug-likeness (QED) is 0.832. The van der Waals surface area contributed by atoms with Crippen molar-refractivity contribution in [1.82, 2.24) is 25.1 Å². The third-order valence-electron chi connectivity index (χ3n) is 5.56. The molecule has 0 saturated carbocycles. The molecule has 2 aliphatic heterocycles. The lowest BCUT2D eigenvalue weighted by atomic mass is 10.1. The molecule has 0 aliphatic carbocycles. The van der Waals surface area contributed by atoms with E-state index in [0.29, 0.717) is 11.1 Å². The first kappa shape index (κ1) is 18.5. The van der Waals surface area contributed by atoms with Crippen LogP contribution in [-0.2, 0) is 4.79 Å². The van der Waals surface area contributed by atoms with E-state index in [1.54, 1.807) is 0 Å². The van der Waals surface area contributed by atoms with E-state index >= 15 is 0 Å². The first-order chi connectivity index (χ1) is 13.0. The normalized spacial score (nSPS) is 22.0. The van der Waals surface area contributed by atoms with E-state index < -0.39 is 0 Å². The van der Waals surface area contributed by atoms with Gasteiger partial charge in [0.2, 0.25) is 11.9 Å². The highest BCUT2D eigenvalue weighted by atomic mass is 35.5. The summed E-state index contributed by atoms with van der Waals surface area (Å²) in [7, 11) is 0. The van der Waals surface area contributed by atoms with Crippen LogP contribution in [0.5, 0.6) is 0 Å². The number of hydrogen-bond acceptors (Lipinski definition) is 5. The third-order valence-corrected chi connectivity index (χ3v) is 5.79. The van der Waals surface area contributed by atoms with Gasteiger partial charge in [-0.3, -0.25) is 9.69 Å². The number of piperazine rings is 2. The Morgan fingerprint density at radius 1 is 1.22 bits per heavy atom. The maximum Gasteiger partial charge on any atom is 0.241 e. The van der Waals surface area contributed by atoms with Crippen LogP contribution in [-0.4, -0.2) is 83.6 Å². The summed E-state index contributed by atoms with van der Waals surface area (Å²) < 4.78 is 0. The second-order valence-corrected chi connectivity index (χ2v) is 8.07. The van der Waals surface area contributed by atoms with E-state index in [-0.39, 0.29) is 11.9 Å². The molecule has 146 valence electrons. The molecular formula is C19H27ClN6O. The zero-order valence-electron chi connectivity index (χ0n) is 15.9. The first-order valence-corrected chi connectivity index (χ1v) is 10.1. The Bertz CT molecular complexity index is 814. The van der Waals surface area contributed by atoms with E-state index in [2.05, 4.69) is 38.9 Å². The van der Waals surface area contributed by atoms with E-state index in [1.807, 2.05) is 23.1 Å². The van der Waals surface area contributed by atoms with Gasteiger partial charge in [0.1, 0.15) is 0 Å². The van der Waals surface area contributed by atoms with Gasteiger partial charge in [-0.05, 0) is 32.0 Å². The Hall–Kier alpha value is -1.83. The van der Waals surface area contributed by atoms with Crippen molar-refractivity contribution in [1.29, 1.82) is 0 Å². The van der Waals surface area contributed by atoms with Crippen LogP contribution in [0.25, 0.3) is 11.0 Å². The number of carbonyl (C=O) groups is 1. The smallest absolute Gasteiger partial charge is 0.241 e. The number of rotatable bonds is 3. The molecule has 2 aromatic rings. The number of aromatic nitrogens is 2. The first-order valence-electron chi connectivity index (χ1n) is 9.67. The summed E-state index contributed by atoms with van der Waals surface area (Å²) in [6.07, 6.45) is 0. The number of benzene rings is 1. The van der Waals surface area contributed by atoms with Crippen molar-refractivity contribution in [3.8, 4) is 0 Å². The van der Waals surface area contributed by atoms with Crippen LogP contribution in [0.4, 0.5) is 5.95 Å². The molecule has 1 atom stereocenters. The Morgan fingerprint density at radius 3 is 2.74 bits per heavy atom. The molecule has 1 aromatic carbocycles. The minimum absolute atomic E-state index is 0.0963. The van der Waals surface area contributed by atoms with Crippen molar-refractivity contribution in [3.63, 3.8) is 0 Å². The van der Waals surface area contributed by atoms with Gasteiger partial charge in [0.25, 0.3) is 0 Å². The van der Waals surface area contributed by atoms with Gasteiger partial charge < -0.3 is 20.1 Å². The number of halogens is 1. The van der Waals surface area contributed by atoms with Crippen LogP contribution in [0.2, 0.25) is 5.02 Å². The SMILES string of the molecule is CC(C)N1CCNC(C(=O)N2CCN(c3nc4ccc(Cl)cc4[nH]3)CC2)C1. The largest absolute Gasteiger partial charge is 0.339 e. The van der Waals surface area contributed by atoms with Crippen molar-refractivity contribution >= 4 is 34.5 Å². The van der Waals surface area contributed by atoms with Crippen LogP contribution in [0.1, 0.15) is 13.8 Å². The van der Waals surface area contributed by atoms with Crippen molar-refractivity contribution in [3.05, 3.63) is 23.2 Å². The zero-order chi connectivity index (χ0) is 19.0. The minimum atomic E-state index is -0.0963. The van der Waals surface area contributed by atoms with Crippen molar-refractivity contribution in [2.45, 2.75) is 25.9 Å². The highest BCUT2D eigenvalue weighted by Gasteiger charge is 2.31. The summed E-state index contributed by atoms with van der Waals surface area (Å²) in [6.45, 7) is 10.0. The van der Waals surface area contributed by atoms with Crippen LogP contribution in [0, 0.1) is 0 Å². The molecule has 1 aromatic heterocycles. The fourth-order valence-corrected chi connectivity index (χ4v) is 4.06. The number of H-pyrrole nitrogens is 1. The molecule has 0 spiro atoms. The molecule has 3 heterocycles. The molecular weight excluding hydrogens is 364 g/mol. The number of anilines is 1. The second kappa shape index (κ2) is 7.66. The highest BCUT2D eigenvalue weighted by molar-refractivity contribution is 6.31. The van der Waals surface area contributed by atoms with Crippen LogP contribution in [0.15, 0.2) is 18.2 Å². The van der Waals surface area contributed by atoms with Gasteiger partial charge in [0.05, 0.1) is 17.1 Å². The molecule has 2 aliphatic rings. The maximum absolute atomic E-state index is 12.9. The average molecular weight is 391 g/mol. The van der Waals surface area contributed by atoms with E-state index in [1.165, 1.54) is 0 Å². The summed E-state index contributed by atoms with van der Waals surface area (Å²) in [4.78, 5) is 27.5. The number of nitrogens with zero attached hydrogens (tertiary/aromatic N) is 4. The lowest BCUT2D eigenvalue weighted by Crippen LogP contribution is -2.61. The summed E-state index contributed by atoms with van der Waals surface area (Å²) in [5, 5.41) is 4.09. The summed E-state index contributed by atoms with van der Waals surface area (Å²) in [6, 6.07) is 6.04. The van der Waals surface area contributed by atoms with Crippen molar-refractivity contribution in [2.75, 3.05) is 50.7 Å². The molecule has 2 N–H and O–H groups in total. The van der Waals surface area contributed by atoms with Gasteiger partial charge in [-0.15, -0.1) is 0 Å². The number of amides is 1. The Labute approximate surface area is 164 Å². The molecule has 1 amide bonds. The highest BCUT2D eigenvalue weighted by Crippen LogP contribution is 2.22. The van der Waals surface area contributed by atoms with Crippen LogP contribution < -0.4 is 10.2 Å². The van der Waals surface area contributed by atoms with E-state index in [4.69, 9.17) is 11.6 Å². The molecule has 27 heavy (non-hydrogen) atoms. The van der Waals surface area contributed by atoms with Crippen LogP contribution in [0.3, 0.4) is 0 Å². The number of hydrogen-bond donors (Lipinski definition) is 2. The molecule has 2 fully saturated rings. The standard InChI is InChI=1S/C19H27ClN6O/c1-13(2)26-6-5-21-17(12-26)18(27)24-7-9-25(10-8-24)19-22-15-4-3-14(20)11-16(15)23-19/h3-4,11,13,17,21H,5-10,12H2,1-2H3,(H,22,23). The van der Waals surface area contributed by atoms with Crippen molar-refractivity contribution in [2.24, 2.45) is 0 Å². The van der Waals surface area contributed by atoms with Crippen LogP contribution >= 0.6 is 11.6 Å². The Balaban J connectivity index is 1.37. The number of fused-ring (bicyclic) bond motifs is 1.